The van der Waals surface area contributed by atoms with E-state index >= 15 is 0 Å². The summed E-state index contributed by atoms with van der Waals surface area (Å²) >= 11 is 9.30. The van der Waals surface area contributed by atoms with E-state index in [-0.39, 0.29) is 0 Å². The summed E-state index contributed by atoms with van der Waals surface area (Å²) in [5.74, 6) is 1.34. The normalized spacial score (nSPS) is 10.6. The lowest BCUT2D eigenvalue weighted by Crippen LogP contribution is -2.11. The number of hydrogen-bond acceptors (Lipinski definition) is 4. The van der Waals surface area contributed by atoms with Crippen LogP contribution in [0, 0.1) is 0 Å². The predicted octanol–water partition coefficient (Wildman–Crippen LogP) is 3.84. The van der Waals surface area contributed by atoms with Crippen LogP contribution in [0.25, 0.3) is 11.4 Å². The van der Waals surface area contributed by atoms with Crippen LogP contribution in [0.1, 0.15) is 0 Å². The molecule has 22 heavy (non-hydrogen) atoms. The van der Waals surface area contributed by atoms with Gasteiger partial charge in [-0.05, 0) is 41.6 Å². The van der Waals surface area contributed by atoms with Crippen LogP contribution in [0.3, 0.4) is 0 Å². The molecule has 112 valence electrons. The maximum atomic E-state index is 5.82. The highest BCUT2D eigenvalue weighted by Gasteiger charge is 2.08. The van der Waals surface area contributed by atoms with Crippen molar-refractivity contribution in [3.8, 4) is 17.1 Å². The Bertz CT molecular complexity index is 760. The predicted molar refractivity (Wildman–Crippen MR) is 87.9 cm³/mol. The van der Waals surface area contributed by atoms with E-state index in [1.807, 2.05) is 36.4 Å². The zero-order valence-electron chi connectivity index (χ0n) is 11.5. The SMILES string of the molecule is Clc1ccc(OCCn2nnc(-c3ccccc3Br)n2)cc1. The van der Waals surface area contributed by atoms with Gasteiger partial charge in [0.15, 0.2) is 0 Å². The van der Waals surface area contributed by atoms with Crippen molar-refractivity contribution >= 4 is 27.5 Å². The van der Waals surface area contributed by atoms with Crippen molar-refractivity contribution in [3.63, 3.8) is 0 Å². The van der Waals surface area contributed by atoms with Gasteiger partial charge < -0.3 is 4.74 Å². The van der Waals surface area contributed by atoms with Gasteiger partial charge in [0.1, 0.15) is 12.4 Å². The second-order valence-electron chi connectivity index (χ2n) is 4.49. The van der Waals surface area contributed by atoms with Crippen molar-refractivity contribution in [2.45, 2.75) is 6.54 Å². The van der Waals surface area contributed by atoms with Gasteiger partial charge in [-0.25, -0.2) is 0 Å². The van der Waals surface area contributed by atoms with Crippen LogP contribution in [-0.2, 0) is 6.54 Å². The van der Waals surface area contributed by atoms with Gasteiger partial charge in [-0.2, -0.15) is 4.80 Å². The molecule has 0 aliphatic rings. The van der Waals surface area contributed by atoms with Gasteiger partial charge >= 0.3 is 0 Å². The molecule has 1 aromatic heterocycles. The Morgan fingerprint density at radius 1 is 1.09 bits per heavy atom. The zero-order valence-corrected chi connectivity index (χ0v) is 13.8. The Kier molecular flexibility index (Phi) is 4.70. The number of benzene rings is 2. The summed E-state index contributed by atoms with van der Waals surface area (Å²) in [4.78, 5) is 1.52. The Morgan fingerprint density at radius 2 is 1.86 bits per heavy atom. The van der Waals surface area contributed by atoms with Crippen LogP contribution in [0.5, 0.6) is 5.75 Å². The van der Waals surface area contributed by atoms with Crippen LogP contribution < -0.4 is 4.74 Å². The highest BCUT2D eigenvalue weighted by Crippen LogP contribution is 2.24. The molecule has 0 saturated heterocycles. The summed E-state index contributed by atoms with van der Waals surface area (Å²) in [6.45, 7) is 0.966. The molecule has 2 aromatic carbocycles. The van der Waals surface area contributed by atoms with Crippen molar-refractivity contribution in [2.24, 2.45) is 0 Å². The number of tetrazole rings is 1. The fourth-order valence-corrected chi connectivity index (χ4v) is 2.45. The molecule has 7 heteroatoms. The number of halogens is 2. The first-order valence-corrected chi connectivity index (χ1v) is 7.80. The van der Waals surface area contributed by atoms with Gasteiger partial charge in [0.25, 0.3) is 0 Å². The average Bonchev–Trinajstić information content (AvgIpc) is 2.98. The van der Waals surface area contributed by atoms with E-state index in [2.05, 4.69) is 31.3 Å². The monoisotopic (exact) mass is 378 g/mol. The third-order valence-electron chi connectivity index (χ3n) is 2.94. The van der Waals surface area contributed by atoms with Gasteiger partial charge in [0, 0.05) is 15.1 Å². The number of nitrogens with zero attached hydrogens (tertiary/aromatic N) is 4. The quantitative estimate of drug-likeness (QED) is 0.676. The Labute approximate surface area is 141 Å². The third-order valence-corrected chi connectivity index (χ3v) is 3.88. The molecule has 0 amide bonds. The molecule has 3 aromatic rings. The Balaban J connectivity index is 1.60. The van der Waals surface area contributed by atoms with Gasteiger partial charge in [-0.1, -0.05) is 39.7 Å². The van der Waals surface area contributed by atoms with Gasteiger partial charge in [-0.3, -0.25) is 0 Å². The first kappa shape index (κ1) is 15.0. The number of hydrogen-bond donors (Lipinski definition) is 0. The van der Waals surface area contributed by atoms with Crippen molar-refractivity contribution in [1.29, 1.82) is 0 Å². The first-order chi connectivity index (χ1) is 10.7. The second kappa shape index (κ2) is 6.89. The first-order valence-electron chi connectivity index (χ1n) is 6.63. The van der Waals surface area contributed by atoms with Crippen LogP contribution in [0.4, 0.5) is 0 Å². The Hall–Kier alpha value is -1.92. The lowest BCUT2D eigenvalue weighted by molar-refractivity contribution is 0.280. The molecule has 0 radical (unpaired) electrons. The minimum Gasteiger partial charge on any atom is -0.492 e. The van der Waals surface area contributed by atoms with Gasteiger partial charge in [-0.15, -0.1) is 10.2 Å². The molecule has 0 aliphatic heterocycles. The molecule has 0 bridgehead atoms. The number of aromatic nitrogens is 4. The second-order valence-corrected chi connectivity index (χ2v) is 5.78. The highest BCUT2D eigenvalue weighted by molar-refractivity contribution is 9.10. The van der Waals surface area contributed by atoms with Gasteiger partial charge in [0.2, 0.25) is 5.82 Å². The molecule has 0 unspecified atom stereocenters. The molecule has 0 aliphatic carbocycles. The van der Waals surface area contributed by atoms with E-state index in [1.165, 1.54) is 4.80 Å². The van der Waals surface area contributed by atoms with E-state index < -0.39 is 0 Å². The summed E-state index contributed by atoms with van der Waals surface area (Å²) < 4.78 is 6.54. The molecule has 0 N–H and O–H groups in total. The van der Waals surface area contributed by atoms with Crippen LogP contribution in [-0.4, -0.2) is 26.8 Å². The molecule has 5 nitrogen and oxygen atoms in total. The maximum absolute atomic E-state index is 5.82. The maximum Gasteiger partial charge on any atom is 0.206 e. The minimum atomic E-state index is 0.452. The summed E-state index contributed by atoms with van der Waals surface area (Å²) in [7, 11) is 0. The number of rotatable bonds is 5. The molecule has 0 atom stereocenters. The average molecular weight is 380 g/mol. The Morgan fingerprint density at radius 3 is 2.64 bits per heavy atom. The summed E-state index contributed by atoms with van der Waals surface area (Å²) in [6, 6.07) is 15.0. The van der Waals surface area contributed by atoms with Crippen molar-refractivity contribution in [3.05, 3.63) is 58.0 Å². The molecule has 0 spiro atoms. The standard InChI is InChI=1S/C15H12BrClN4O/c16-14-4-2-1-3-13(14)15-18-20-21(19-15)9-10-22-12-7-5-11(17)6-8-12/h1-8H,9-10H2. The van der Waals surface area contributed by atoms with Crippen LogP contribution >= 0.6 is 27.5 Å². The molecular formula is C15H12BrClN4O. The molecule has 0 fully saturated rings. The van der Waals surface area contributed by atoms with Crippen molar-refractivity contribution in [2.75, 3.05) is 6.61 Å². The smallest absolute Gasteiger partial charge is 0.206 e. The van der Waals surface area contributed by atoms with E-state index in [0.717, 1.165) is 15.8 Å². The van der Waals surface area contributed by atoms with Crippen molar-refractivity contribution < 1.29 is 4.74 Å². The fraction of sp³-hybridized carbons (Fsp3) is 0.133. The van der Waals surface area contributed by atoms with Gasteiger partial charge in [0.05, 0.1) is 6.54 Å². The number of ether oxygens (including phenoxy) is 1. The highest BCUT2D eigenvalue weighted by atomic mass is 79.9. The van der Waals surface area contributed by atoms with E-state index in [0.29, 0.717) is 24.0 Å². The van der Waals surface area contributed by atoms with Crippen LogP contribution in [0.15, 0.2) is 53.0 Å². The summed E-state index contributed by atoms with van der Waals surface area (Å²) in [5.41, 5.74) is 0.910. The minimum absolute atomic E-state index is 0.452. The molecule has 1 heterocycles. The summed E-state index contributed by atoms with van der Waals surface area (Å²) in [6.07, 6.45) is 0. The lowest BCUT2D eigenvalue weighted by Gasteiger charge is -2.04. The summed E-state index contributed by atoms with van der Waals surface area (Å²) in [5, 5.41) is 13.1. The zero-order chi connectivity index (χ0) is 15.4. The molecule has 0 saturated carbocycles. The molecular weight excluding hydrogens is 368 g/mol. The lowest BCUT2D eigenvalue weighted by atomic mass is 10.2. The molecule has 3 rings (SSSR count). The fourth-order valence-electron chi connectivity index (χ4n) is 1.86. The van der Waals surface area contributed by atoms with Crippen LogP contribution in [0.2, 0.25) is 5.02 Å². The largest absolute Gasteiger partial charge is 0.492 e. The van der Waals surface area contributed by atoms with E-state index in [9.17, 15) is 0 Å². The van der Waals surface area contributed by atoms with E-state index in [4.69, 9.17) is 16.3 Å². The van der Waals surface area contributed by atoms with Crippen molar-refractivity contribution in [1.82, 2.24) is 20.2 Å². The third kappa shape index (κ3) is 3.64. The van der Waals surface area contributed by atoms with E-state index in [1.54, 1.807) is 12.1 Å². The topological polar surface area (TPSA) is 52.8 Å².